The monoisotopic (exact) mass is 295 g/mol. The quantitative estimate of drug-likeness (QED) is 0.475. The molecule has 0 saturated carbocycles. The molecule has 20 heavy (non-hydrogen) atoms. The lowest BCUT2D eigenvalue weighted by Gasteiger charge is -2.08. The molecule has 2 aromatic carbocycles. The topological polar surface area (TPSA) is 52.4 Å². The Labute approximate surface area is 119 Å². The maximum absolute atomic E-state index is 13.7. The number of hydrogen-bond donors (Lipinski definition) is 0. The first-order valence-electron chi connectivity index (χ1n) is 5.80. The van der Waals surface area contributed by atoms with Crippen LogP contribution in [0.15, 0.2) is 42.5 Å². The molecule has 2 aromatic rings. The zero-order valence-corrected chi connectivity index (χ0v) is 11.1. The van der Waals surface area contributed by atoms with Crippen molar-refractivity contribution >= 4 is 17.3 Å². The zero-order valence-electron chi connectivity index (χ0n) is 10.4. The molecule has 2 rings (SSSR count). The van der Waals surface area contributed by atoms with E-state index in [4.69, 9.17) is 16.3 Å². The minimum atomic E-state index is -0.506. The molecular formula is C14H11ClFNO3. The summed E-state index contributed by atoms with van der Waals surface area (Å²) >= 11 is 5.60. The van der Waals surface area contributed by atoms with Crippen molar-refractivity contribution in [2.45, 2.75) is 12.5 Å². The van der Waals surface area contributed by atoms with Crippen molar-refractivity contribution in [1.82, 2.24) is 0 Å². The first-order chi connectivity index (χ1) is 9.60. The lowest BCUT2D eigenvalue weighted by molar-refractivity contribution is -0.384. The minimum Gasteiger partial charge on any atom is -0.486 e. The highest BCUT2D eigenvalue weighted by Gasteiger charge is 2.08. The van der Waals surface area contributed by atoms with E-state index in [1.165, 1.54) is 24.3 Å². The van der Waals surface area contributed by atoms with Crippen molar-refractivity contribution in [3.8, 4) is 5.75 Å². The average Bonchev–Trinajstić information content (AvgIpc) is 2.46. The van der Waals surface area contributed by atoms with E-state index in [2.05, 4.69) is 0 Å². The van der Waals surface area contributed by atoms with Crippen molar-refractivity contribution in [3.63, 3.8) is 0 Å². The van der Waals surface area contributed by atoms with Crippen LogP contribution in [0.3, 0.4) is 0 Å². The lowest BCUT2D eigenvalue weighted by Crippen LogP contribution is -1.99. The maximum atomic E-state index is 13.7. The Kier molecular flexibility index (Phi) is 4.53. The molecule has 0 aliphatic heterocycles. The van der Waals surface area contributed by atoms with Gasteiger partial charge < -0.3 is 4.74 Å². The van der Waals surface area contributed by atoms with E-state index < -0.39 is 10.7 Å². The molecule has 0 amide bonds. The number of alkyl halides is 1. The van der Waals surface area contributed by atoms with Crippen molar-refractivity contribution in [1.29, 1.82) is 0 Å². The molecule has 6 heteroatoms. The van der Waals surface area contributed by atoms with E-state index in [9.17, 15) is 14.5 Å². The maximum Gasteiger partial charge on any atom is 0.269 e. The van der Waals surface area contributed by atoms with Crippen molar-refractivity contribution in [2.75, 3.05) is 0 Å². The van der Waals surface area contributed by atoms with E-state index in [0.717, 1.165) is 0 Å². The van der Waals surface area contributed by atoms with Crippen LogP contribution in [0.2, 0.25) is 0 Å². The van der Waals surface area contributed by atoms with Gasteiger partial charge >= 0.3 is 0 Å². The van der Waals surface area contributed by atoms with E-state index in [1.54, 1.807) is 18.2 Å². The predicted octanol–water partition coefficient (Wildman–Crippen LogP) is 4.05. The summed E-state index contributed by atoms with van der Waals surface area (Å²) < 4.78 is 19.0. The third kappa shape index (κ3) is 3.45. The van der Waals surface area contributed by atoms with Crippen molar-refractivity contribution in [2.24, 2.45) is 0 Å². The van der Waals surface area contributed by atoms with Gasteiger partial charge in [-0.15, -0.1) is 11.6 Å². The number of nitro groups is 1. The summed E-state index contributed by atoms with van der Waals surface area (Å²) in [6.45, 7) is 0.0544. The number of halogens is 2. The third-order valence-electron chi connectivity index (χ3n) is 2.67. The van der Waals surface area contributed by atoms with Gasteiger partial charge in [0.15, 0.2) is 11.6 Å². The molecule has 4 nitrogen and oxygen atoms in total. The van der Waals surface area contributed by atoms with Gasteiger partial charge in [-0.1, -0.05) is 18.2 Å². The Hall–Kier alpha value is -2.14. The number of nitrogens with zero attached hydrogens (tertiary/aromatic N) is 1. The molecule has 0 aliphatic rings. The number of rotatable bonds is 5. The second-order valence-corrected chi connectivity index (χ2v) is 4.38. The molecule has 0 unspecified atom stereocenters. The Morgan fingerprint density at radius 3 is 2.65 bits per heavy atom. The molecule has 0 spiro atoms. The van der Waals surface area contributed by atoms with Crippen molar-refractivity contribution in [3.05, 3.63) is 69.5 Å². The molecule has 0 radical (unpaired) electrons. The van der Waals surface area contributed by atoms with Crippen LogP contribution in [0.5, 0.6) is 5.75 Å². The van der Waals surface area contributed by atoms with Gasteiger partial charge in [0.05, 0.1) is 4.92 Å². The molecule has 0 saturated heterocycles. The molecule has 0 fully saturated rings. The van der Waals surface area contributed by atoms with E-state index in [0.29, 0.717) is 11.1 Å². The fourth-order valence-corrected chi connectivity index (χ4v) is 1.83. The summed E-state index contributed by atoms with van der Waals surface area (Å²) in [5, 5.41) is 10.6. The van der Waals surface area contributed by atoms with Crippen LogP contribution in [0, 0.1) is 15.9 Å². The third-order valence-corrected chi connectivity index (χ3v) is 2.97. The summed E-state index contributed by atoms with van der Waals surface area (Å²) in [5.74, 6) is -0.193. The Balaban J connectivity index is 2.09. The standard InChI is InChI=1S/C14H11ClFNO3/c15-8-10-4-5-14(13(16)7-10)20-9-11-2-1-3-12(6-11)17(18)19/h1-7H,8-9H2. The molecule has 0 aromatic heterocycles. The summed E-state index contributed by atoms with van der Waals surface area (Å²) in [5.41, 5.74) is 1.23. The van der Waals surface area contributed by atoms with Gasteiger partial charge in [-0.25, -0.2) is 4.39 Å². The Bertz CT molecular complexity index is 634. The van der Waals surface area contributed by atoms with Crippen LogP contribution >= 0.6 is 11.6 Å². The van der Waals surface area contributed by atoms with Gasteiger partial charge in [0, 0.05) is 18.0 Å². The second kappa shape index (κ2) is 6.34. The smallest absolute Gasteiger partial charge is 0.269 e. The average molecular weight is 296 g/mol. The first kappa shape index (κ1) is 14.3. The van der Waals surface area contributed by atoms with Crippen LogP contribution in [0.25, 0.3) is 0 Å². The first-order valence-corrected chi connectivity index (χ1v) is 6.34. The molecule has 0 heterocycles. The molecule has 0 bridgehead atoms. The van der Waals surface area contributed by atoms with Crippen molar-refractivity contribution < 1.29 is 14.1 Å². The Morgan fingerprint density at radius 2 is 2.00 bits per heavy atom. The summed E-state index contributed by atoms with van der Waals surface area (Å²) in [7, 11) is 0. The SMILES string of the molecule is O=[N+]([O-])c1cccc(COc2ccc(CCl)cc2F)c1. The fraction of sp³-hybridized carbons (Fsp3) is 0.143. The summed E-state index contributed by atoms with van der Waals surface area (Å²) in [4.78, 5) is 10.2. The van der Waals surface area contributed by atoms with E-state index in [-0.39, 0.29) is 23.9 Å². The zero-order chi connectivity index (χ0) is 14.5. The van der Waals surface area contributed by atoms with Crippen LogP contribution in [0.4, 0.5) is 10.1 Å². The highest BCUT2D eigenvalue weighted by Crippen LogP contribution is 2.21. The fourth-order valence-electron chi connectivity index (χ4n) is 1.67. The lowest BCUT2D eigenvalue weighted by atomic mass is 10.2. The molecular weight excluding hydrogens is 285 g/mol. The molecule has 0 aliphatic carbocycles. The number of ether oxygens (including phenoxy) is 1. The normalized spacial score (nSPS) is 10.3. The molecule has 0 atom stereocenters. The Morgan fingerprint density at radius 1 is 1.20 bits per heavy atom. The van der Waals surface area contributed by atoms with Gasteiger partial charge in [0.2, 0.25) is 0 Å². The number of hydrogen-bond acceptors (Lipinski definition) is 3. The highest BCUT2D eigenvalue weighted by molar-refractivity contribution is 6.17. The van der Waals surface area contributed by atoms with Crippen LogP contribution < -0.4 is 4.74 Å². The summed E-state index contributed by atoms with van der Waals surface area (Å²) in [6.07, 6.45) is 0. The second-order valence-electron chi connectivity index (χ2n) is 4.11. The van der Waals surface area contributed by atoms with Gasteiger partial charge in [0.1, 0.15) is 6.61 Å². The minimum absolute atomic E-state index is 0.0240. The molecule has 0 N–H and O–H groups in total. The number of benzene rings is 2. The van der Waals surface area contributed by atoms with E-state index >= 15 is 0 Å². The van der Waals surface area contributed by atoms with E-state index in [1.807, 2.05) is 0 Å². The molecule has 104 valence electrons. The van der Waals surface area contributed by atoms with Gasteiger partial charge in [-0.05, 0) is 23.3 Å². The van der Waals surface area contributed by atoms with Gasteiger partial charge in [-0.2, -0.15) is 0 Å². The highest BCUT2D eigenvalue weighted by atomic mass is 35.5. The number of nitro benzene ring substituents is 1. The summed E-state index contributed by atoms with van der Waals surface area (Å²) in [6, 6.07) is 10.5. The van der Waals surface area contributed by atoms with Crippen LogP contribution in [-0.4, -0.2) is 4.92 Å². The van der Waals surface area contributed by atoms with Gasteiger partial charge in [-0.3, -0.25) is 10.1 Å². The number of non-ortho nitro benzene ring substituents is 1. The largest absolute Gasteiger partial charge is 0.486 e. The van der Waals surface area contributed by atoms with Gasteiger partial charge in [0.25, 0.3) is 5.69 Å². The predicted molar refractivity (Wildman–Crippen MR) is 73.4 cm³/mol. The van der Waals surface area contributed by atoms with Crippen LogP contribution in [0.1, 0.15) is 11.1 Å². The van der Waals surface area contributed by atoms with Crippen LogP contribution in [-0.2, 0) is 12.5 Å².